The van der Waals surface area contributed by atoms with Crippen LogP contribution in [0.3, 0.4) is 0 Å². The SMILES string of the molecule is Cc1cccc(C(O)Cc2ccc([N+](=O)[O-])cc2)c1Br. The number of halogens is 1. The van der Waals surface area contributed by atoms with E-state index >= 15 is 0 Å². The van der Waals surface area contributed by atoms with Gasteiger partial charge in [0.1, 0.15) is 0 Å². The molecule has 20 heavy (non-hydrogen) atoms. The molecule has 0 radical (unpaired) electrons. The van der Waals surface area contributed by atoms with Crippen molar-refractivity contribution < 1.29 is 10.0 Å². The number of aryl methyl sites for hydroxylation is 1. The summed E-state index contributed by atoms with van der Waals surface area (Å²) in [4.78, 5) is 10.2. The first-order valence-electron chi connectivity index (χ1n) is 6.15. The molecule has 0 saturated carbocycles. The van der Waals surface area contributed by atoms with Gasteiger partial charge in [-0.25, -0.2) is 0 Å². The zero-order valence-electron chi connectivity index (χ0n) is 10.9. The van der Waals surface area contributed by atoms with Gasteiger partial charge in [0.05, 0.1) is 11.0 Å². The maximum atomic E-state index is 10.6. The minimum atomic E-state index is -0.647. The molecule has 1 N–H and O–H groups in total. The molecule has 2 aromatic rings. The molecular weight excluding hydrogens is 322 g/mol. The van der Waals surface area contributed by atoms with Gasteiger partial charge < -0.3 is 5.11 Å². The van der Waals surface area contributed by atoms with Gasteiger partial charge in [-0.15, -0.1) is 0 Å². The molecule has 2 aromatic carbocycles. The third-order valence-corrected chi connectivity index (χ3v) is 4.24. The van der Waals surface area contributed by atoms with E-state index < -0.39 is 11.0 Å². The van der Waals surface area contributed by atoms with Crippen molar-refractivity contribution in [3.63, 3.8) is 0 Å². The first-order valence-corrected chi connectivity index (χ1v) is 6.94. The minimum Gasteiger partial charge on any atom is -0.388 e. The fraction of sp³-hybridized carbons (Fsp3) is 0.200. The summed E-state index contributed by atoms with van der Waals surface area (Å²) in [5, 5.41) is 20.9. The summed E-state index contributed by atoms with van der Waals surface area (Å²) in [6.07, 6.45) is -0.231. The summed E-state index contributed by atoms with van der Waals surface area (Å²) < 4.78 is 0.898. The average Bonchev–Trinajstić information content (AvgIpc) is 2.42. The molecule has 0 amide bonds. The van der Waals surface area contributed by atoms with Crippen LogP contribution >= 0.6 is 15.9 Å². The third kappa shape index (κ3) is 3.23. The highest BCUT2D eigenvalue weighted by Gasteiger charge is 2.14. The van der Waals surface area contributed by atoms with Crippen LogP contribution in [0.2, 0.25) is 0 Å². The molecule has 4 nitrogen and oxygen atoms in total. The van der Waals surface area contributed by atoms with E-state index in [1.807, 2.05) is 25.1 Å². The van der Waals surface area contributed by atoms with E-state index in [0.29, 0.717) is 6.42 Å². The Balaban J connectivity index is 2.17. The summed E-state index contributed by atoms with van der Waals surface area (Å²) in [6, 6.07) is 12.0. The van der Waals surface area contributed by atoms with E-state index in [1.54, 1.807) is 12.1 Å². The molecule has 5 heteroatoms. The van der Waals surface area contributed by atoms with Crippen molar-refractivity contribution in [3.8, 4) is 0 Å². The van der Waals surface area contributed by atoms with Gasteiger partial charge in [-0.2, -0.15) is 0 Å². The standard InChI is InChI=1S/C15H14BrNO3/c1-10-3-2-4-13(15(10)16)14(18)9-11-5-7-12(8-6-11)17(19)20/h2-8,14,18H,9H2,1H3. The van der Waals surface area contributed by atoms with Crippen LogP contribution in [0.1, 0.15) is 22.8 Å². The van der Waals surface area contributed by atoms with Crippen molar-refractivity contribution in [2.75, 3.05) is 0 Å². The van der Waals surface area contributed by atoms with E-state index in [-0.39, 0.29) is 5.69 Å². The number of non-ortho nitro benzene ring substituents is 1. The molecule has 0 heterocycles. The molecule has 0 aromatic heterocycles. The highest BCUT2D eigenvalue weighted by molar-refractivity contribution is 9.10. The molecule has 1 unspecified atom stereocenters. The van der Waals surface area contributed by atoms with E-state index in [9.17, 15) is 15.2 Å². The molecule has 0 fully saturated rings. The van der Waals surface area contributed by atoms with Crippen molar-refractivity contribution in [2.24, 2.45) is 0 Å². The number of nitro groups is 1. The number of benzene rings is 2. The lowest BCUT2D eigenvalue weighted by molar-refractivity contribution is -0.384. The number of aliphatic hydroxyl groups is 1. The summed E-state index contributed by atoms with van der Waals surface area (Å²) in [6.45, 7) is 1.96. The largest absolute Gasteiger partial charge is 0.388 e. The predicted molar refractivity (Wildman–Crippen MR) is 80.6 cm³/mol. The van der Waals surface area contributed by atoms with E-state index in [0.717, 1.165) is 21.2 Å². The smallest absolute Gasteiger partial charge is 0.269 e. The Kier molecular flexibility index (Phi) is 4.52. The normalized spacial score (nSPS) is 12.2. The van der Waals surface area contributed by atoms with Crippen molar-refractivity contribution in [2.45, 2.75) is 19.4 Å². The topological polar surface area (TPSA) is 63.4 Å². The lowest BCUT2D eigenvalue weighted by Crippen LogP contribution is -2.03. The molecule has 0 aliphatic heterocycles. The number of aliphatic hydroxyl groups excluding tert-OH is 1. The Morgan fingerprint density at radius 1 is 1.25 bits per heavy atom. The molecule has 104 valence electrons. The van der Waals surface area contributed by atoms with Crippen LogP contribution in [0.15, 0.2) is 46.9 Å². The molecule has 2 rings (SSSR count). The van der Waals surface area contributed by atoms with E-state index in [4.69, 9.17) is 0 Å². The van der Waals surface area contributed by atoms with Gasteiger partial charge in [0.15, 0.2) is 0 Å². The van der Waals surface area contributed by atoms with Crippen molar-refractivity contribution >= 4 is 21.6 Å². The van der Waals surface area contributed by atoms with E-state index in [2.05, 4.69) is 15.9 Å². The second-order valence-corrected chi connectivity index (χ2v) is 5.41. The Morgan fingerprint density at radius 3 is 2.50 bits per heavy atom. The molecule has 0 aliphatic carbocycles. The van der Waals surface area contributed by atoms with Gasteiger partial charge in [-0.3, -0.25) is 10.1 Å². The summed E-state index contributed by atoms with van der Waals surface area (Å²) >= 11 is 3.48. The zero-order valence-corrected chi connectivity index (χ0v) is 12.5. The number of hydrogen-bond acceptors (Lipinski definition) is 3. The van der Waals surface area contributed by atoms with Gasteiger partial charge in [0.2, 0.25) is 0 Å². The number of nitrogens with zero attached hydrogens (tertiary/aromatic N) is 1. The number of hydrogen-bond donors (Lipinski definition) is 1. The maximum Gasteiger partial charge on any atom is 0.269 e. The van der Waals surface area contributed by atoms with Gasteiger partial charge in [0, 0.05) is 23.0 Å². The Morgan fingerprint density at radius 2 is 1.90 bits per heavy atom. The summed E-state index contributed by atoms with van der Waals surface area (Å²) in [5.41, 5.74) is 2.80. The highest BCUT2D eigenvalue weighted by Crippen LogP contribution is 2.29. The van der Waals surface area contributed by atoms with Gasteiger partial charge >= 0.3 is 0 Å². The number of rotatable bonds is 4. The van der Waals surface area contributed by atoms with Crippen molar-refractivity contribution in [3.05, 3.63) is 73.7 Å². The van der Waals surface area contributed by atoms with Crippen molar-refractivity contribution in [1.29, 1.82) is 0 Å². The lowest BCUT2D eigenvalue weighted by Gasteiger charge is -2.14. The zero-order chi connectivity index (χ0) is 14.7. The fourth-order valence-electron chi connectivity index (χ4n) is 2.01. The maximum absolute atomic E-state index is 10.6. The Hall–Kier alpha value is -1.72. The molecule has 0 aliphatic rings. The van der Waals surface area contributed by atoms with Crippen LogP contribution in [-0.4, -0.2) is 10.0 Å². The minimum absolute atomic E-state index is 0.0555. The molecular formula is C15H14BrNO3. The van der Waals surface area contributed by atoms with Gasteiger partial charge in [-0.05, 0) is 23.6 Å². The van der Waals surface area contributed by atoms with Crippen LogP contribution < -0.4 is 0 Å². The fourth-order valence-corrected chi connectivity index (χ4v) is 2.54. The number of nitro benzene ring substituents is 1. The van der Waals surface area contributed by atoms with Crippen LogP contribution in [0.5, 0.6) is 0 Å². The van der Waals surface area contributed by atoms with E-state index in [1.165, 1.54) is 12.1 Å². The molecule has 1 atom stereocenters. The van der Waals surface area contributed by atoms with Crippen LogP contribution in [0.4, 0.5) is 5.69 Å². The average molecular weight is 336 g/mol. The van der Waals surface area contributed by atoms with Gasteiger partial charge in [-0.1, -0.05) is 46.3 Å². The Labute approximate surface area is 125 Å². The second kappa shape index (κ2) is 6.15. The first-order chi connectivity index (χ1) is 9.49. The second-order valence-electron chi connectivity index (χ2n) is 4.62. The predicted octanol–water partition coefficient (Wildman–Crippen LogP) is 3.94. The lowest BCUT2D eigenvalue weighted by atomic mass is 10.00. The molecule has 0 bridgehead atoms. The quantitative estimate of drug-likeness (QED) is 0.679. The third-order valence-electron chi connectivity index (χ3n) is 3.16. The van der Waals surface area contributed by atoms with Crippen LogP contribution in [-0.2, 0) is 6.42 Å². The summed E-state index contributed by atoms with van der Waals surface area (Å²) in [5.74, 6) is 0. The highest BCUT2D eigenvalue weighted by atomic mass is 79.9. The molecule has 0 spiro atoms. The van der Waals surface area contributed by atoms with Crippen molar-refractivity contribution in [1.82, 2.24) is 0 Å². The monoisotopic (exact) mass is 335 g/mol. The summed E-state index contributed by atoms with van der Waals surface area (Å²) in [7, 11) is 0. The Bertz CT molecular complexity index is 626. The van der Waals surface area contributed by atoms with Crippen LogP contribution in [0.25, 0.3) is 0 Å². The first kappa shape index (κ1) is 14.7. The van der Waals surface area contributed by atoms with Crippen LogP contribution in [0, 0.1) is 17.0 Å². The molecule has 0 saturated heterocycles. The van der Waals surface area contributed by atoms with Gasteiger partial charge in [0.25, 0.3) is 5.69 Å².